The molecule has 0 bridgehead atoms. The van der Waals surface area contributed by atoms with Crippen molar-refractivity contribution in [3.8, 4) is 0 Å². The summed E-state index contributed by atoms with van der Waals surface area (Å²) in [5, 5.41) is 15.4. The fraction of sp³-hybridized carbons (Fsp3) is 0.455. The summed E-state index contributed by atoms with van der Waals surface area (Å²) in [6.07, 6.45) is 5.93. The molecule has 0 radical (unpaired) electrons. The lowest BCUT2D eigenvalue weighted by atomic mass is 10.3. The Morgan fingerprint density at radius 1 is 1.38 bits per heavy atom. The lowest BCUT2D eigenvalue weighted by molar-refractivity contribution is 0.523. The van der Waals surface area contributed by atoms with Crippen LogP contribution in [-0.4, -0.2) is 21.5 Å². The molecular formula is C11H16N4S. The summed E-state index contributed by atoms with van der Waals surface area (Å²) < 4.78 is 1.87. The minimum Gasteiger partial charge on any atom is -0.313 e. The Morgan fingerprint density at radius 3 is 3.12 bits per heavy atom. The van der Waals surface area contributed by atoms with Crippen molar-refractivity contribution >= 4 is 11.3 Å². The van der Waals surface area contributed by atoms with Gasteiger partial charge in [0.15, 0.2) is 0 Å². The van der Waals surface area contributed by atoms with Crippen LogP contribution in [0.4, 0.5) is 0 Å². The summed E-state index contributed by atoms with van der Waals surface area (Å²) in [6.45, 7) is 3.00. The fourth-order valence-electron chi connectivity index (χ4n) is 1.50. The Kier molecular flexibility index (Phi) is 4.51. The van der Waals surface area contributed by atoms with Crippen LogP contribution in [-0.2, 0) is 13.1 Å². The number of aryl methyl sites for hydroxylation is 1. The molecule has 0 aliphatic carbocycles. The van der Waals surface area contributed by atoms with Crippen LogP contribution in [0, 0.1) is 0 Å². The second-order valence-corrected chi connectivity index (χ2v) is 4.46. The molecule has 0 aromatic carbocycles. The topological polar surface area (TPSA) is 42.7 Å². The summed E-state index contributed by atoms with van der Waals surface area (Å²) in [6, 6.07) is 2.16. The summed E-state index contributed by atoms with van der Waals surface area (Å²) in [4.78, 5) is 0. The van der Waals surface area contributed by atoms with Crippen molar-refractivity contribution in [2.45, 2.75) is 25.9 Å². The van der Waals surface area contributed by atoms with Gasteiger partial charge in [-0.05, 0) is 41.8 Å². The van der Waals surface area contributed by atoms with Crippen LogP contribution in [0.2, 0.25) is 0 Å². The molecule has 0 saturated heterocycles. The molecule has 2 rings (SSSR count). The van der Waals surface area contributed by atoms with Crippen LogP contribution >= 0.6 is 11.3 Å². The molecule has 16 heavy (non-hydrogen) atoms. The highest BCUT2D eigenvalue weighted by molar-refractivity contribution is 7.07. The molecule has 0 aliphatic rings. The van der Waals surface area contributed by atoms with Crippen LogP contribution in [0.25, 0.3) is 0 Å². The van der Waals surface area contributed by atoms with Crippen molar-refractivity contribution in [3.63, 3.8) is 0 Å². The molecule has 2 heterocycles. The quantitative estimate of drug-likeness (QED) is 0.747. The minimum absolute atomic E-state index is 0.958. The van der Waals surface area contributed by atoms with Crippen LogP contribution in [0.15, 0.2) is 29.2 Å². The van der Waals surface area contributed by atoms with Gasteiger partial charge in [-0.3, -0.25) is 4.68 Å². The van der Waals surface area contributed by atoms with Gasteiger partial charge in [0.2, 0.25) is 0 Å². The van der Waals surface area contributed by atoms with E-state index in [2.05, 4.69) is 32.5 Å². The summed E-state index contributed by atoms with van der Waals surface area (Å²) in [5.41, 5.74) is 1.38. The third-order valence-corrected chi connectivity index (χ3v) is 3.10. The van der Waals surface area contributed by atoms with E-state index in [9.17, 15) is 0 Å². The highest BCUT2D eigenvalue weighted by Gasteiger charge is 1.94. The number of unbranched alkanes of at least 4 members (excludes halogenated alkanes) is 1. The maximum absolute atomic E-state index is 3.92. The lowest BCUT2D eigenvalue weighted by Gasteiger charge is -2.03. The molecule has 0 fully saturated rings. The van der Waals surface area contributed by atoms with Gasteiger partial charge in [0.05, 0.1) is 6.20 Å². The molecule has 86 valence electrons. The third-order valence-electron chi connectivity index (χ3n) is 2.37. The van der Waals surface area contributed by atoms with E-state index in [-0.39, 0.29) is 0 Å². The molecule has 0 atom stereocenters. The normalized spacial score (nSPS) is 10.8. The van der Waals surface area contributed by atoms with Crippen LogP contribution in [0.3, 0.4) is 0 Å². The van der Waals surface area contributed by atoms with Gasteiger partial charge in [-0.15, -0.1) is 5.10 Å². The van der Waals surface area contributed by atoms with E-state index in [0.29, 0.717) is 0 Å². The zero-order valence-electron chi connectivity index (χ0n) is 9.17. The first kappa shape index (κ1) is 11.3. The molecule has 0 aliphatic heterocycles. The van der Waals surface area contributed by atoms with Gasteiger partial charge in [-0.1, -0.05) is 5.21 Å². The first-order valence-electron chi connectivity index (χ1n) is 5.51. The highest BCUT2D eigenvalue weighted by Crippen LogP contribution is 2.04. The highest BCUT2D eigenvalue weighted by atomic mass is 32.1. The molecule has 4 nitrogen and oxygen atoms in total. The molecule has 0 amide bonds. The first-order valence-corrected chi connectivity index (χ1v) is 6.45. The average Bonchev–Trinajstić information content (AvgIpc) is 2.96. The SMILES string of the molecule is c1cn(CCCCNCc2ccsc2)nn1. The van der Waals surface area contributed by atoms with E-state index in [0.717, 1.165) is 26.1 Å². The number of nitrogens with zero attached hydrogens (tertiary/aromatic N) is 3. The van der Waals surface area contributed by atoms with E-state index in [1.165, 1.54) is 12.0 Å². The van der Waals surface area contributed by atoms with Gasteiger partial charge in [0, 0.05) is 19.3 Å². The van der Waals surface area contributed by atoms with E-state index < -0.39 is 0 Å². The van der Waals surface area contributed by atoms with Gasteiger partial charge in [-0.2, -0.15) is 11.3 Å². The van der Waals surface area contributed by atoms with Crippen molar-refractivity contribution in [2.24, 2.45) is 0 Å². The Balaban J connectivity index is 1.49. The van der Waals surface area contributed by atoms with Crippen molar-refractivity contribution < 1.29 is 0 Å². The van der Waals surface area contributed by atoms with Crippen molar-refractivity contribution in [3.05, 3.63) is 34.8 Å². The van der Waals surface area contributed by atoms with Gasteiger partial charge in [0.25, 0.3) is 0 Å². The second-order valence-electron chi connectivity index (χ2n) is 3.68. The summed E-state index contributed by atoms with van der Waals surface area (Å²) in [5.74, 6) is 0. The molecule has 2 aromatic rings. The number of thiophene rings is 1. The lowest BCUT2D eigenvalue weighted by Crippen LogP contribution is -2.14. The fourth-order valence-corrected chi connectivity index (χ4v) is 2.17. The molecule has 0 saturated carbocycles. The summed E-state index contributed by atoms with van der Waals surface area (Å²) in [7, 11) is 0. The average molecular weight is 236 g/mol. The smallest absolute Gasteiger partial charge is 0.0692 e. The second kappa shape index (κ2) is 6.40. The molecule has 0 spiro atoms. The van der Waals surface area contributed by atoms with E-state index in [1.807, 2.05) is 10.9 Å². The zero-order valence-corrected chi connectivity index (χ0v) is 9.99. The Hall–Kier alpha value is -1.20. The van der Waals surface area contributed by atoms with Crippen molar-refractivity contribution in [2.75, 3.05) is 6.54 Å². The Labute approximate surface area is 99.3 Å². The molecular weight excluding hydrogens is 220 g/mol. The number of aromatic nitrogens is 3. The zero-order chi connectivity index (χ0) is 11.1. The van der Waals surface area contributed by atoms with Crippen LogP contribution in [0.1, 0.15) is 18.4 Å². The largest absolute Gasteiger partial charge is 0.313 e. The predicted molar refractivity (Wildman–Crippen MR) is 65.3 cm³/mol. The standard InChI is InChI=1S/C11H16N4S/c1(2-6-15-7-5-13-14-15)4-12-9-11-3-8-16-10-11/h3,5,7-8,10,12H,1-2,4,6,9H2. The minimum atomic E-state index is 0.958. The van der Waals surface area contributed by atoms with Gasteiger partial charge in [0.1, 0.15) is 0 Å². The monoisotopic (exact) mass is 236 g/mol. The van der Waals surface area contributed by atoms with E-state index in [4.69, 9.17) is 0 Å². The predicted octanol–water partition coefficient (Wildman–Crippen LogP) is 1.91. The van der Waals surface area contributed by atoms with Crippen molar-refractivity contribution in [1.29, 1.82) is 0 Å². The number of hydrogen-bond acceptors (Lipinski definition) is 4. The van der Waals surface area contributed by atoms with Gasteiger partial charge < -0.3 is 5.32 Å². The molecule has 0 unspecified atom stereocenters. The van der Waals surface area contributed by atoms with Gasteiger partial charge in [-0.25, -0.2) is 0 Å². The molecule has 1 N–H and O–H groups in total. The number of nitrogens with one attached hydrogen (secondary N) is 1. The maximum atomic E-state index is 3.92. The van der Waals surface area contributed by atoms with Crippen LogP contribution in [0.5, 0.6) is 0 Å². The third kappa shape index (κ3) is 3.75. The maximum Gasteiger partial charge on any atom is 0.0692 e. The van der Waals surface area contributed by atoms with Gasteiger partial charge >= 0.3 is 0 Å². The van der Waals surface area contributed by atoms with Crippen LogP contribution < -0.4 is 5.32 Å². The number of hydrogen-bond donors (Lipinski definition) is 1. The molecule has 2 aromatic heterocycles. The molecule has 5 heteroatoms. The first-order chi connectivity index (χ1) is 7.95. The van der Waals surface area contributed by atoms with E-state index in [1.54, 1.807) is 17.5 Å². The number of rotatable bonds is 7. The Bertz CT molecular complexity index is 330. The van der Waals surface area contributed by atoms with E-state index >= 15 is 0 Å². The Morgan fingerprint density at radius 2 is 2.38 bits per heavy atom. The van der Waals surface area contributed by atoms with Crippen molar-refractivity contribution in [1.82, 2.24) is 20.3 Å². The summed E-state index contributed by atoms with van der Waals surface area (Å²) >= 11 is 1.75.